The summed E-state index contributed by atoms with van der Waals surface area (Å²) in [5.41, 5.74) is 1.14. The Balaban J connectivity index is 1.71. The number of nitro benzene ring substituents is 1. The van der Waals surface area contributed by atoms with Gasteiger partial charge in [0.2, 0.25) is 5.91 Å². The zero-order chi connectivity index (χ0) is 23.1. The number of methoxy groups -OCH3 is 1. The molecule has 1 fully saturated rings. The molecule has 0 radical (unpaired) electrons. The van der Waals surface area contributed by atoms with Crippen molar-refractivity contribution in [3.63, 3.8) is 0 Å². The molecule has 3 rings (SSSR count). The number of carbonyl (C=O) groups excluding carboxylic acids is 1. The summed E-state index contributed by atoms with van der Waals surface area (Å²) in [6, 6.07) is 11.2. The molecular formula is C20H18N4O7S. The van der Waals surface area contributed by atoms with Gasteiger partial charge in [0.15, 0.2) is 10.9 Å². The smallest absolute Gasteiger partial charge is 0.310 e. The first kappa shape index (κ1) is 22.7. The maximum absolute atomic E-state index is 11.7. The Morgan fingerprint density at radius 3 is 2.81 bits per heavy atom. The molecule has 11 nitrogen and oxygen atoms in total. The summed E-state index contributed by atoms with van der Waals surface area (Å²) < 4.78 is 11.0. The molecule has 166 valence electrons. The molecule has 32 heavy (non-hydrogen) atoms. The fourth-order valence-electron chi connectivity index (χ4n) is 2.77. The Labute approximate surface area is 186 Å². The number of hydrogen-bond donors (Lipinski definition) is 2. The highest BCUT2D eigenvalue weighted by atomic mass is 32.2. The Morgan fingerprint density at radius 2 is 2.09 bits per heavy atom. The van der Waals surface area contributed by atoms with E-state index in [4.69, 9.17) is 14.6 Å². The summed E-state index contributed by atoms with van der Waals surface area (Å²) >= 11 is 1.00. The van der Waals surface area contributed by atoms with Crippen molar-refractivity contribution in [1.29, 1.82) is 0 Å². The van der Waals surface area contributed by atoms with Gasteiger partial charge < -0.3 is 19.9 Å². The van der Waals surface area contributed by atoms with Gasteiger partial charge in [0.05, 0.1) is 24.7 Å². The van der Waals surface area contributed by atoms with E-state index >= 15 is 0 Å². The van der Waals surface area contributed by atoms with Crippen LogP contribution >= 0.6 is 11.8 Å². The van der Waals surface area contributed by atoms with Crippen LogP contribution in [0, 0.1) is 10.1 Å². The number of carboxylic acid groups (broad SMARTS) is 1. The van der Waals surface area contributed by atoms with Crippen molar-refractivity contribution in [1.82, 2.24) is 5.32 Å². The van der Waals surface area contributed by atoms with E-state index in [9.17, 15) is 19.7 Å². The zero-order valence-corrected chi connectivity index (χ0v) is 17.6. The van der Waals surface area contributed by atoms with Crippen LogP contribution in [0.25, 0.3) is 0 Å². The van der Waals surface area contributed by atoms with Crippen LogP contribution in [0.1, 0.15) is 17.5 Å². The predicted octanol–water partition coefficient (Wildman–Crippen LogP) is 2.58. The van der Waals surface area contributed by atoms with Gasteiger partial charge in [-0.25, -0.2) is 0 Å². The number of aliphatic carboxylic acids is 1. The monoisotopic (exact) mass is 458 g/mol. The molecule has 0 spiro atoms. The molecule has 1 atom stereocenters. The Bertz CT molecular complexity index is 1100. The highest BCUT2D eigenvalue weighted by Crippen LogP contribution is 2.28. The minimum atomic E-state index is -1.07. The molecule has 1 unspecified atom stereocenters. The summed E-state index contributed by atoms with van der Waals surface area (Å²) in [5, 5.41) is 29.8. The second-order valence-corrected chi connectivity index (χ2v) is 7.62. The molecular weight excluding hydrogens is 440 g/mol. The topological polar surface area (TPSA) is 153 Å². The second kappa shape index (κ2) is 10.4. The molecule has 2 aromatic rings. The number of thioether (sulfide) groups is 1. The SMILES string of the molecule is COc1ccc(C=NN=C2NC(=O)C(CC(=O)O)S2)cc1COc1ccccc1[N+](=O)[O-]. The normalized spacial score (nSPS) is 16.8. The molecule has 1 amide bonds. The molecule has 0 bridgehead atoms. The first-order valence-electron chi connectivity index (χ1n) is 9.21. The summed E-state index contributed by atoms with van der Waals surface area (Å²) in [7, 11) is 1.50. The zero-order valence-electron chi connectivity index (χ0n) is 16.8. The second-order valence-electron chi connectivity index (χ2n) is 6.43. The van der Waals surface area contributed by atoms with Crippen LogP contribution < -0.4 is 14.8 Å². The number of para-hydroxylation sites is 2. The van der Waals surface area contributed by atoms with E-state index in [1.54, 1.807) is 30.3 Å². The largest absolute Gasteiger partial charge is 0.496 e. The van der Waals surface area contributed by atoms with Gasteiger partial charge in [0.25, 0.3) is 0 Å². The van der Waals surface area contributed by atoms with Crippen LogP contribution in [-0.2, 0) is 16.2 Å². The van der Waals surface area contributed by atoms with Crippen LogP contribution in [0.3, 0.4) is 0 Å². The first-order chi connectivity index (χ1) is 15.4. The lowest BCUT2D eigenvalue weighted by Crippen LogP contribution is -2.26. The van der Waals surface area contributed by atoms with E-state index in [2.05, 4.69) is 15.5 Å². The first-order valence-corrected chi connectivity index (χ1v) is 10.1. The predicted molar refractivity (Wildman–Crippen MR) is 117 cm³/mol. The van der Waals surface area contributed by atoms with Crippen molar-refractivity contribution in [2.24, 2.45) is 10.2 Å². The van der Waals surface area contributed by atoms with Crippen molar-refractivity contribution >= 4 is 40.7 Å². The van der Waals surface area contributed by atoms with Crippen LogP contribution in [0.2, 0.25) is 0 Å². The van der Waals surface area contributed by atoms with Crippen LogP contribution in [-0.4, -0.2) is 45.6 Å². The molecule has 1 aliphatic rings. The lowest BCUT2D eigenvalue weighted by molar-refractivity contribution is -0.385. The number of amidine groups is 1. The standard InChI is InChI=1S/C20H18N4O7S/c1-30-15-7-6-12(10-21-23-20-22-19(27)17(32-20)9-18(25)26)8-13(15)11-31-16-5-3-2-4-14(16)24(28)29/h2-8,10,17H,9,11H2,1H3,(H,25,26)(H,22,23,27). The third-order valence-corrected chi connectivity index (χ3v) is 5.31. The lowest BCUT2D eigenvalue weighted by atomic mass is 10.1. The summed E-state index contributed by atoms with van der Waals surface area (Å²) in [5.74, 6) is -0.835. The lowest BCUT2D eigenvalue weighted by Gasteiger charge is -2.11. The highest BCUT2D eigenvalue weighted by molar-refractivity contribution is 8.15. The number of nitrogens with zero attached hydrogens (tertiary/aromatic N) is 3. The third-order valence-electron chi connectivity index (χ3n) is 4.24. The fourth-order valence-corrected chi connectivity index (χ4v) is 3.69. The Kier molecular flexibility index (Phi) is 7.39. The molecule has 0 saturated carbocycles. The number of carboxylic acids is 1. The number of nitro groups is 1. The van der Waals surface area contributed by atoms with Gasteiger partial charge in [-0.1, -0.05) is 23.9 Å². The van der Waals surface area contributed by atoms with E-state index < -0.39 is 22.0 Å². The van der Waals surface area contributed by atoms with Crippen molar-refractivity contribution in [3.8, 4) is 11.5 Å². The average Bonchev–Trinajstić information content (AvgIpc) is 3.10. The van der Waals surface area contributed by atoms with E-state index in [-0.39, 0.29) is 29.6 Å². The number of rotatable bonds is 9. The molecule has 12 heteroatoms. The number of ether oxygens (including phenoxy) is 2. The van der Waals surface area contributed by atoms with Crippen LogP contribution in [0.5, 0.6) is 11.5 Å². The number of carbonyl (C=O) groups is 2. The van der Waals surface area contributed by atoms with Gasteiger partial charge in [0.1, 0.15) is 17.6 Å². The quantitative estimate of drug-likeness (QED) is 0.330. The Morgan fingerprint density at radius 1 is 1.31 bits per heavy atom. The molecule has 1 aliphatic heterocycles. The Hall–Kier alpha value is -3.93. The van der Waals surface area contributed by atoms with Crippen LogP contribution in [0.15, 0.2) is 52.7 Å². The number of amides is 1. The molecule has 0 aromatic heterocycles. The van der Waals surface area contributed by atoms with Gasteiger partial charge in [-0.2, -0.15) is 5.10 Å². The van der Waals surface area contributed by atoms with E-state index in [0.29, 0.717) is 16.9 Å². The molecule has 1 saturated heterocycles. The number of nitrogens with one attached hydrogen (secondary N) is 1. The van der Waals surface area contributed by atoms with Gasteiger partial charge in [-0.15, -0.1) is 5.10 Å². The van der Waals surface area contributed by atoms with Crippen molar-refractivity contribution < 1.29 is 29.1 Å². The summed E-state index contributed by atoms with van der Waals surface area (Å²) in [6.07, 6.45) is 1.14. The third kappa shape index (κ3) is 5.82. The summed E-state index contributed by atoms with van der Waals surface area (Å²) in [6.45, 7) is 0.0208. The van der Waals surface area contributed by atoms with E-state index in [0.717, 1.165) is 11.8 Å². The van der Waals surface area contributed by atoms with Crippen molar-refractivity contribution in [3.05, 3.63) is 63.7 Å². The fraction of sp³-hybridized carbons (Fsp3) is 0.200. The maximum Gasteiger partial charge on any atom is 0.310 e. The minimum Gasteiger partial charge on any atom is -0.496 e. The van der Waals surface area contributed by atoms with Crippen LogP contribution in [0.4, 0.5) is 5.69 Å². The molecule has 2 aromatic carbocycles. The van der Waals surface area contributed by atoms with Crippen molar-refractivity contribution in [2.75, 3.05) is 7.11 Å². The molecule has 0 aliphatic carbocycles. The number of benzene rings is 2. The molecule has 1 heterocycles. The van der Waals surface area contributed by atoms with Gasteiger partial charge in [-0.05, 0) is 29.8 Å². The highest BCUT2D eigenvalue weighted by Gasteiger charge is 2.32. The van der Waals surface area contributed by atoms with E-state index in [1.165, 1.54) is 25.5 Å². The minimum absolute atomic E-state index is 0.0208. The molecule has 2 N–H and O–H groups in total. The van der Waals surface area contributed by atoms with Gasteiger partial charge in [0, 0.05) is 11.6 Å². The van der Waals surface area contributed by atoms with Gasteiger partial charge >= 0.3 is 11.7 Å². The summed E-state index contributed by atoms with van der Waals surface area (Å²) in [4.78, 5) is 33.1. The number of hydrogen-bond acceptors (Lipinski definition) is 9. The van der Waals surface area contributed by atoms with Gasteiger partial charge in [-0.3, -0.25) is 19.7 Å². The van der Waals surface area contributed by atoms with E-state index in [1.807, 2.05) is 0 Å². The maximum atomic E-state index is 11.7. The average molecular weight is 458 g/mol. The van der Waals surface area contributed by atoms with Crippen molar-refractivity contribution in [2.45, 2.75) is 18.3 Å².